The number of anilines is 1. The molecule has 0 amide bonds. The van der Waals surface area contributed by atoms with Crippen LogP contribution in [0.25, 0.3) is 10.8 Å². The number of nitrogens with one attached hydrogen (secondary N) is 1. The lowest BCUT2D eigenvalue weighted by Gasteiger charge is -2.09. The summed E-state index contributed by atoms with van der Waals surface area (Å²) in [5.41, 5.74) is 0. The Kier molecular flexibility index (Phi) is 4.09. The lowest BCUT2D eigenvalue weighted by molar-refractivity contribution is -0.134. The first-order valence-electron chi connectivity index (χ1n) is 5.69. The Morgan fingerprint density at radius 3 is 2.47 bits per heavy atom. The van der Waals surface area contributed by atoms with Gasteiger partial charge in [-0.15, -0.1) is 10.2 Å². The quantitative estimate of drug-likeness (QED) is 0.863. The van der Waals surface area contributed by atoms with Crippen LogP contribution in [-0.2, 0) is 0 Å². The number of nitrogens with zero attached hydrogens (tertiary/aromatic N) is 2. The van der Waals surface area contributed by atoms with Crippen molar-refractivity contribution in [2.24, 2.45) is 0 Å². The highest BCUT2D eigenvalue weighted by molar-refractivity contribution is 6.34. The van der Waals surface area contributed by atoms with Gasteiger partial charge in [0, 0.05) is 23.7 Å². The number of hydrogen-bond acceptors (Lipinski definition) is 3. The van der Waals surface area contributed by atoms with Crippen molar-refractivity contribution in [1.29, 1.82) is 0 Å². The highest BCUT2D eigenvalue weighted by atomic mass is 35.5. The van der Waals surface area contributed by atoms with E-state index in [1.807, 2.05) is 6.07 Å². The van der Waals surface area contributed by atoms with Gasteiger partial charge in [0.1, 0.15) is 0 Å². The van der Waals surface area contributed by atoms with E-state index in [9.17, 15) is 13.2 Å². The molecule has 2 rings (SSSR count). The largest absolute Gasteiger partial charge is 0.389 e. The molecule has 1 heterocycles. The van der Waals surface area contributed by atoms with Crippen molar-refractivity contribution in [2.75, 3.05) is 11.9 Å². The van der Waals surface area contributed by atoms with E-state index in [-0.39, 0.29) is 18.1 Å². The molecule has 1 N–H and O–H groups in total. The summed E-state index contributed by atoms with van der Waals surface area (Å²) < 4.78 is 36.0. The third kappa shape index (κ3) is 3.70. The molecule has 19 heavy (non-hydrogen) atoms. The Morgan fingerprint density at radius 2 is 1.79 bits per heavy atom. The predicted molar refractivity (Wildman–Crippen MR) is 68.3 cm³/mol. The molecule has 1 aromatic heterocycles. The van der Waals surface area contributed by atoms with Gasteiger partial charge in [-0.1, -0.05) is 35.9 Å². The Balaban J connectivity index is 2.07. The summed E-state index contributed by atoms with van der Waals surface area (Å²) in [5, 5.41) is 12.2. The minimum Gasteiger partial charge on any atom is -0.368 e. The summed E-state index contributed by atoms with van der Waals surface area (Å²) in [6.45, 7) is 0.180. The smallest absolute Gasteiger partial charge is 0.368 e. The van der Waals surface area contributed by atoms with E-state index < -0.39 is 12.6 Å². The van der Waals surface area contributed by atoms with Crippen LogP contribution in [0.3, 0.4) is 0 Å². The average Bonchev–Trinajstić information content (AvgIpc) is 2.36. The normalized spacial score (nSPS) is 11.8. The fourth-order valence-corrected chi connectivity index (χ4v) is 1.90. The zero-order valence-electron chi connectivity index (χ0n) is 9.84. The summed E-state index contributed by atoms with van der Waals surface area (Å²) in [6.07, 6.45) is -4.96. The summed E-state index contributed by atoms with van der Waals surface area (Å²) in [6, 6.07) is 7.19. The molecule has 0 aliphatic rings. The minimum atomic E-state index is -4.13. The molecule has 0 aliphatic heterocycles. The SMILES string of the molecule is FC(F)(F)CCCNc1nnc(Cl)c2ccccc12. The predicted octanol–water partition coefficient (Wildman–Crippen LogP) is 4.04. The number of benzene rings is 1. The van der Waals surface area contributed by atoms with E-state index in [1.165, 1.54) is 0 Å². The van der Waals surface area contributed by atoms with Crippen molar-refractivity contribution in [3.8, 4) is 0 Å². The number of halogens is 4. The van der Waals surface area contributed by atoms with Gasteiger partial charge in [-0.05, 0) is 6.42 Å². The van der Waals surface area contributed by atoms with Crippen molar-refractivity contribution < 1.29 is 13.2 Å². The van der Waals surface area contributed by atoms with Crippen LogP contribution in [0.15, 0.2) is 24.3 Å². The number of rotatable bonds is 4. The third-order valence-corrected chi connectivity index (χ3v) is 2.85. The molecule has 3 nitrogen and oxygen atoms in total. The van der Waals surface area contributed by atoms with Crippen LogP contribution < -0.4 is 5.32 Å². The minimum absolute atomic E-state index is 0.0118. The molecule has 0 spiro atoms. The maximum Gasteiger partial charge on any atom is 0.389 e. The zero-order valence-corrected chi connectivity index (χ0v) is 10.6. The molecule has 0 bridgehead atoms. The third-order valence-electron chi connectivity index (χ3n) is 2.57. The Labute approximate surface area is 112 Å². The van der Waals surface area contributed by atoms with E-state index in [0.717, 1.165) is 10.8 Å². The van der Waals surface area contributed by atoms with Gasteiger partial charge in [-0.2, -0.15) is 13.2 Å². The van der Waals surface area contributed by atoms with Crippen LogP contribution >= 0.6 is 11.6 Å². The molecule has 0 saturated heterocycles. The van der Waals surface area contributed by atoms with Gasteiger partial charge in [0.05, 0.1) is 0 Å². The number of hydrogen-bond donors (Lipinski definition) is 1. The molecule has 102 valence electrons. The number of fused-ring (bicyclic) bond motifs is 1. The van der Waals surface area contributed by atoms with Crippen molar-refractivity contribution in [3.05, 3.63) is 29.4 Å². The maximum atomic E-state index is 12.0. The fourth-order valence-electron chi connectivity index (χ4n) is 1.70. The summed E-state index contributed by atoms with van der Waals surface area (Å²) in [4.78, 5) is 0. The molecular formula is C12H11ClF3N3. The molecule has 0 saturated carbocycles. The van der Waals surface area contributed by atoms with Gasteiger partial charge >= 0.3 is 6.18 Å². The average molecular weight is 290 g/mol. The highest BCUT2D eigenvalue weighted by Crippen LogP contribution is 2.26. The van der Waals surface area contributed by atoms with E-state index in [0.29, 0.717) is 5.82 Å². The monoisotopic (exact) mass is 289 g/mol. The van der Waals surface area contributed by atoms with E-state index in [4.69, 9.17) is 11.6 Å². The topological polar surface area (TPSA) is 37.8 Å². The van der Waals surface area contributed by atoms with Crippen LogP contribution in [0.1, 0.15) is 12.8 Å². The lowest BCUT2D eigenvalue weighted by atomic mass is 10.2. The van der Waals surface area contributed by atoms with E-state index >= 15 is 0 Å². The first-order valence-corrected chi connectivity index (χ1v) is 6.07. The molecule has 0 radical (unpaired) electrons. The van der Waals surface area contributed by atoms with Crippen molar-refractivity contribution >= 4 is 28.2 Å². The molecule has 0 aliphatic carbocycles. The second kappa shape index (κ2) is 5.61. The van der Waals surface area contributed by atoms with E-state index in [1.54, 1.807) is 18.2 Å². The van der Waals surface area contributed by atoms with Gasteiger partial charge in [-0.3, -0.25) is 0 Å². The van der Waals surface area contributed by atoms with Gasteiger partial charge < -0.3 is 5.32 Å². The summed E-state index contributed by atoms with van der Waals surface area (Å²) in [7, 11) is 0. The second-order valence-corrected chi connectivity index (χ2v) is 4.39. The van der Waals surface area contributed by atoms with Crippen LogP contribution in [0.5, 0.6) is 0 Å². The van der Waals surface area contributed by atoms with Crippen molar-refractivity contribution in [2.45, 2.75) is 19.0 Å². The van der Waals surface area contributed by atoms with Crippen LogP contribution in [0.2, 0.25) is 5.15 Å². The van der Waals surface area contributed by atoms with Gasteiger partial charge in [0.15, 0.2) is 11.0 Å². The second-order valence-electron chi connectivity index (χ2n) is 4.03. The molecule has 2 aromatic rings. The molecule has 7 heteroatoms. The molecule has 0 unspecified atom stereocenters. The first kappa shape index (κ1) is 13.9. The Morgan fingerprint density at radius 1 is 1.11 bits per heavy atom. The number of aromatic nitrogens is 2. The Bertz CT molecular complexity index is 572. The molecular weight excluding hydrogens is 279 g/mol. The van der Waals surface area contributed by atoms with Gasteiger partial charge in [-0.25, -0.2) is 0 Å². The fraction of sp³-hybridized carbons (Fsp3) is 0.333. The van der Waals surface area contributed by atoms with Crippen LogP contribution in [0, 0.1) is 0 Å². The molecule has 1 aromatic carbocycles. The van der Waals surface area contributed by atoms with E-state index in [2.05, 4.69) is 15.5 Å². The van der Waals surface area contributed by atoms with Crippen molar-refractivity contribution in [3.63, 3.8) is 0 Å². The zero-order chi connectivity index (χ0) is 13.9. The first-order chi connectivity index (χ1) is 8.97. The van der Waals surface area contributed by atoms with Crippen LogP contribution in [0.4, 0.5) is 19.0 Å². The van der Waals surface area contributed by atoms with Gasteiger partial charge in [0.2, 0.25) is 0 Å². The lowest BCUT2D eigenvalue weighted by Crippen LogP contribution is -2.11. The van der Waals surface area contributed by atoms with Gasteiger partial charge in [0.25, 0.3) is 0 Å². The summed E-state index contributed by atoms with van der Waals surface area (Å²) >= 11 is 5.90. The molecule has 0 fully saturated rings. The standard InChI is InChI=1S/C12H11ClF3N3/c13-10-8-4-1-2-5-9(8)11(19-18-10)17-7-3-6-12(14,15)16/h1-2,4-5H,3,6-7H2,(H,17,19). The molecule has 0 atom stereocenters. The van der Waals surface area contributed by atoms with Crippen LogP contribution in [-0.4, -0.2) is 22.9 Å². The maximum absolute atomic E-state index is 12.0. The van der Waals surface area contributed by atoms with Crippen molar-refractivity contribution in [1.82, 2.24) is 10.2 Å². The number of alkyl halides is 3. The Hall–Kier alpha value is -1.56. The summed E-state index contributed by atoms with van der Waals surface area (Å²) in [5.74, 6) is 0.446. The highest BCUT2D eigenvalue weighted by Gasteiger charge is 2.25.